The first-order valence-electron chi connectivity index (χ1n) is 8.62. The lowest BCUT2D eigenvalue weighted by molar-refractivity contribution is -0.145. The molecular weight excluding hydrogens is 360 g/mol. The van der Waals surface area contributed by atoms with E-state index in [0.717, 1.165) is 6.42 Å². The van der Waals surface area contributed by atoms with Crippen molar-refractivity contribution in [3.05, 3.63) is 29.3 Å². The SMILES string of the molecule is O=C(NC(C(=O)O)C1CCCOC1)C1CC(=O)N(c2ccc(Cl)cc2)C1. The van der Waals surface area contributed by atoms with Crippen LogP contribution in [0.3, 0.4) is 0 Å². The smallest absolute Gasteiger partial charge is 0.326 e. The van der Waals surface area contributed by atoms with Crippen LogP contribution in [0.4, 0.5) is 5.69 Å². The minimum atomic E-state index is -1.08. The van der Waals surface area contributed by atoms with Gasteiger partial charge in [0.05, 0.1) is 12.5 Å². The number of amides is 2. The van der Waals surface area contributed by atoms with Gasteiger partial charge in [-0.15, -0.1) is 0 Å². The van der Waals surface area contributed by atoms with E-state index in [4.69, 9.17) is 16.3 Å². The summed E-state index contributed by atoms with van der Waals surface area (Å²) in [4.78, 5) is 37.9. The number of halogens is 1. The number of carboxylic acids is 1. The first kappa shape index (κ1) is 18.7. The van der Waals surface area contributed by atoms with E-state index in [1.54, 1.807) is 24.3 Å². The molecule has 0 radical (unpaired) electrons. The number of carbonyl (C=O) groups is 3. The number of anilines is 1. The monoisotopic (exact) mass is 380 g/mol. The minimum Gasteiger partial charge on any atom is -0.480 e. The highest BCUT2D eigenvalue weighted by Crippen LogP contribution is 2.27. The molecule has 2 amide bonds. The zero-order valence-electron chi connectivity index (χ0n) is 14.2. The minimum absolute atomic E-state index is 0.0575. The summed E-state index contributed by atoms with van der Waals surface area (Å²) >= 11 is 5.86. The van der Waals surface area contributed by atoms with Gasteiger partial charge in [-0.25, -0.2) is 4.79 Å². The lowest BCUT2D eigenvalue weighted by Gasteiger charge is -2.28. The van der Waals surface area contributed by atoms with E-state index in [1.165, 1.54) is 4.90 Å². The summed E-state index contributed by atoms with van der Waals surface area (Å²) < 4.78 is 5.33. The van der Waals surface area contributed by atoms with Gasteiger partial charge < -0.3 is 20.1 Å². The maximum Gasteiger partial charge on any atom is 0.326 e. The number of ether oxygens (including phenoxy) is 1. The number of carbonyl (C=O) groups excluding carboxylic acids is 2. The zero-order valence-corrected chi connectivity index (χ0v) is 14.9. The van der Waals surface area contributed by atoms with Gasteiger partial charge in [0, 0.05) is 36.2 Å². The van der Waals surface area contributed by atoms with Crippen molar-refractivity contribution in [2.75, 3.05) is 24.7 Å². The molecule has 1 aromatic rings. The van der Waals surface area contributed by atoms with Crippen molar-refractivity contribution in [2.24, 2.45) is 11.8 Å². The Bertz CT molecular complexity index is 687. The number of hydrogen-bond donors (Lipinski definition) is 2. The Morgan fingerprint density at radius 1 is 1.31 bits per heavy atom. The van der Waals surface area contributed by atoms with Gasteiger partial charge in [-0.05, 0) is 37.1 Å². The number of carboxylic acid groups (broad SMARTS) is 1. The molecule has 26 heavy (non-hydrogen) atoms. The molecule has 2 fully saturated rings. The molecule has 0 aliphatic carbocycles. The standard InChI is InChI=1S/C18H21ClN2O5/c19-13-3-5-14(6-4-13)21-9-12(8-15(21)22)17(23)20-16(18(24)25)11-2-1-7-26-10-11/h3-6,11-12,16H,1-2,7-10H2,(H,20,23)(H,24,25). The van der Waals surface area contributed by atoms with Crippen LogP contribution in [-0.2, 0) is 19.1 Å². The van der Waals surface area contributed by atoms with Crippen molar-refractivity contribution in [2.45, 2.75) is 25.3 Å². The number of nitrogens with one attached hydrogen (secondary N) is 1. The second-order valence-corrected chi connectivity index (χ2v) is 7.12. The van der Waals surface area contributed by atoms with E-state index in [0.29, 0.717) is 30.3 Å². The van der Waals surface area contributed by atoms with Crippen LogP contribution in [-0.4, -0.2) is 48.7 Å². The second-order valence-electron chi connectivity index (χ2n) is 6.68. The van der Waals surface area contributed by atoms with E-state index >= 15 is 0 Å². The molecule has 0 saturated carbocycles. The highest BCUT2D eigenvalue weighted by molar-refractivity contribution is 6.30. The van der Waals surface area contributed by atoms with Crippen LogP contribution in [0.15, 0.2) is 24.3 Å². The van der Waals surface area contributed by atoms with Gasteiger partial charge in [0.1, 0.15) is 6.04 Å². The third-order valence-electron chi connectivity index (χ3n) is 4.86. The molecule has 3 atom stereocenters. The van der Waals surface area contributed by atoms with E-state index in [2.05, 4.69) is 5.32 Å². The summed E-state index contributed by atoms with van der Waals surface area (Å²) in [5, 5.41) is 12.6. The molecule has 0 aromatic heterocycles. The Balaban J connectivity index is 1.65. The Morgan fingerprint density at radius 3 is 2.65 bits per heavy atom. The molecular formula is C18H21ClN2O5. The van der Waals surface area contributed by atoms with E-state index in [-0.39, 0.29) is 24.8 Å². The average Bonchev–Trinajstić information content (AvgIpc) is 3.02. The number of hydrogen-bond acceptors (Lipinski definition) is 4. The van der Waals surface area contributed by atoms with Crippen molar-refractivity contribution in [1.29, 1.82) is 0 Å². The van der Waals surface area contributed by atoms with Gasteiger partial charge in [-0.1, -0.05) is 11.6 Å². The molecule has 8 heteroatoms. The molecule has 1 aromatic carbocycles. The lowest BCUT2D eigenvalue weighted by Crippen LogP contribution is -2.50. The molecule has 7 nitrogen and oxygen atoms in total. The molecule has 2 N–H and O–H groups in total. The fraction of sp³-hybridized carbons (Fsp3) is 0.500. The van der Waals surface area contributed by atoms with Crippen LogP contribution >= 0.6 is 11.6 Å². The van der Waals surface area contributed by atoms with Gasteiger partial charge in [0.2, 0.25) is 11.8 Å². The third kappa shape index (κ3) is 4.16. The highest BCUT2D eigenvalue weighted by Gasteiger charge is 2.38. The van der Waals surface area contributed by atoms with Crippen molar-refractivity contribution in [1.82, 2.24) is 5.32 Å². The topological polar surface area (TPSA) is 95.9 Å². The average molecular weight is 381 g/mol. The van der Waals surface area contributed by atoms with Crippen molar-refractivity contribution < 1.29 is 24.2 Å². The summed E-state index contributed by atoms with van der Waals surface area (Å²) in [7, 11) is 0. The van der Waals surface area contributed by atoms with Gasteiger partial charge in [-0.3, -0.25) is 9.59 Å². The highest BCUT2D eigenvalue weighted by atomic mass is 35.5. The number of benzene rings is 1. The molecule has 2 saturated heterocycles. The Hall–Kier alpha value is -2.12. The van der Waals surface area contributed by atoms with Crippen LogP contribution in [0.5, 0.6) is 0 Å². The first-order chi connectivity index (χ1) is 12.5. The molecule has 2 aliphatic rings. The van der Waals surface area contributed by atoms with Gasteiger partial charge in [0.15, 0.2) is 0 Å². The first-order valence-corrected chi connectivity index (χ1v) is 9.00. The van der Waals surface area contributed by atoms with Gasteiger partial charge >= 0.3 is 5.97 Å². The molecule has 2 heterocycles. The zero-order chi connectivity index (χ0) is 18.7. The largest absolute Gasteiger partial charge is 0.480 e. The fourth-order valence-corrected chi connectivity index (χ4v) is 3.56. The Morgan fingerprint density at radius 2 is 2.04 bits per heavy atom. The summed E-state index contributed by atoms with van der Waals surface area (Å²) in [6.07, 6.45) is 1.52. The number of rotatable bonds is 5. The summed E-state index contributed by atoms with van der Waals surface area (Å²) in [5.41, 5.74) is 0.671. The lowest BCUT2D eigenvalue weighted by atomic mass is 9.93. The van der Waals surface area contributed by atoms with Crippen LogP contribution < -0.4 is 10.2 Å². The number of aliphatic carboxylic acids is 1. The second kappa shape index (κ2) is 8.05. The maximum absolute atomic E-state index is 12.6. The molecule has 0 spiro atoms. The fourth-order valence-electron chi connectivity index (χ4n) is 3.43. The van der Waals surface area contributed by atoms with Crippen LogP contribution in [0, 0.1) is 11.8 Å². The van der Waals surface area contributed by atoms with Crippen molar-refractivity contribution >= 4 is 35.1 Å². The predicted octanol–water partition coefficient (Wildman–Crippen LogP) is 1.69. The quantitative estimate of drug-likeness (QED) is 0.810. The van der Waals surface area contributed by atoms with E-state index in [1.807, 2.05) is 0 Å². The normalized spacial score (nSPS) is 24.3. The summed E-state index contributed by atoms with van der Waals surface area (Å²) in [5.74, 6) is -2.49. The molecule has 3 rings (SSSR count). The summed E-state index contributed by atoms with van der Waals surface area (Å²) in [6.45, 7) is 1.15. The number of nitrogens with zero attached hydrogens (tertiary/aromatic N) is 1. The predicted molar refractivity (Wildman–Crippen MR) is 95.0 cm³/mol. The van der Waals surface area contributed by atoms with Gasteiger partial charge in [-0.2, -0.15) is 0 Å². The molecule has 0 bridgehead atoms. The van der Waals surface area contributed by atoms with Crippen molar-refractivity contribution in [3.63, 3.8) is 0 Å². The maximum atomic E-state index is 12.6. The third-order valence-corrected chi connectivity index (χ3v) is 5.12. The van der Waals surface area contributed by atoms with Crippen molar-refractivity contribution in [3.8, 4) is 0 Å². The van der Waals surface area contributed by atoms with Gasteiger partial charge in [0.25, 0.3) is 0 Å². The van der Waals surface area contributed by atoms with Crippen LogP contribution in [0.2, 0.25) is 5.02 Å². The van der Waals surface area contributed by atoms with E-state index in [9.17, 15) is 19.5 Å². The van der Waals surface area contributed by atoms with Crippen LogP contribution in [0.25, 0.3) is 0 Å². The molecule has 2 aliphatic heterocycles. The Kier molecular flexibility index (Phi) is 5.78. The molecule has 3 unspecified atom stereocenters. The van der Waals surface area contributed by atoms with Crippen LogP contribution in [0.1, 0.15) is 19.3 Å². The molecule has 140 valence electrons. The Labute approximate surface area is 156 Å². The van der Waals surface area contributed by atoms with E-state index < -0.39 is 23.8 Å². The summed E-state index contributed by atoms with van der Waals surface area (Å²) in [6, 6.07) is 5.81.